The highest BCUT2D eigenvalue weighted by atomic mass is 16.2. The van der Waals surface area contributed by atoms with Crippen molar-refractivity contribution in [2.24, 2.45) is 0 Å². The fourth-order valence-electron chi connectivity index (χ4n) is 2.13. The van der Waals surface area contributed by atoms with Crippen molar-refractivity contribution in [2.75, 3.05) is 0 Å². The van der Waals surface area contributed by atoms with Crippen molar-refractivity contribution in [2.45, 2.75) is 39.7 Å². The Morgan fingerprint density at radius 1 is 1.32 bits per heavy atom. The maximum absolute atomic E-state index is 11.9. The van der Waals surface area contributed by atoms with E-state index in [9.17, 15) is 9.59 Å². The first kappa shape index (κ1) is 13.3. The molecular weight excluding hydrogens is 244 g/mol. The SMILES string of the molecule is CCCc1nc2ncnc-2c(C(=O)C=O)n1CCC. The molecule has 0 aromatic carbocycles. The van der Waals surface area contributed by atoms with Gasteiger partial charge in [-0.05, 0) is 12.8 Å². The fourth-order valence-corrected chi connectivity index (χ4v) is 2.13. The predicted molar refractivity (Wildman–Crippen MR) is 69.1 cm³/mol. The Kier molecular flexibility index (Phi) is 3.99. The van der Waals surface area contributed by atoms with E-state index < -0.39 is 5.78 Å². The molecule has 0 fully saturated rings. The number of fused-ring (bicyclic) bond motifs is 1. The molecule has 0 atom stereocenters. The third-order valence-corrected chi connectivity index (χ3v) is 2.88. The average molecular weight is 260 g/mol. The van der Waals surface area contributed by atoms with Crippen LogP contribution in [0.4, 0.5) is 0 Å². The van der Waals surface area contributed by atoms with Crippen molar-refractivity contribution in [1.82, 2.24) is 19.5 Å². The number of aromatic nitrogens is 4. The van der Waals surface area contributed by atoms with Crippen LogP contribution in [0.25, 0.3) is 11.5 Å². The molecule has 0 aromatic heterocycles. The van der Waals surface area contributed by atoms with Crippen molar-refractivity contribution < 1.29 is 9.59 Å². The summed E-state index contributed by atoms with van der Waals surface area (Å²) in [5.41, 5.74) is 0.716. The summed E-state index contributed by atoms with van der Waals surface area (Å²) in [4.78, 5) is 35.3. The lowest BCUT2D eigenvalue weighted by Gasteiger charge is -2.17. The molecule has 6 nitrogen and oxygen atoms in total. The summed E-state index contributed by atoms with van der Waals surface area (Å²) < 4.78 is 1.80. The number of carbonyl (C=O) groups is 2. The zero-order chi connectivity index (χ0) is 13.8. The number of ketones is 1. The number of rotatable bonds is 6. The van der Waals surface area contributed by atoms with Crippen LogP contribution >= 0.6 is 0 Å². The molecule has 0 radical (unpaired) electrons. The van der Waals surface area contributed by atoms with Crippen LogP contribution in [0.1, 0.15) is 43.0 Å². The minimum atomic E-state index is -0.571. The summed E-state index contributed by atoms with van der Waals surface area (Å²) >= 11 is 0. The molecule has 100 valence electrons. The molecule has 0 bridgehead atoms. The maximum atomic E-state index is 11.9. The second-order valence-corrected chi connectivity index (χ2v) is 4.31. The second-order valence-electron chi connectivity index (χ2n) is 4.31. The van der Waals surface area contributed by atoms with Crippen LogP contribution in [0.3, 0.4) is 0 Å². The first-order valence-corrected chi connectivity index (χ1v) is 6.42. The number of carbonyl (C=O) groups excluding carboxylic acids is 2. The van der Waals surface area contributed by atoms with Gasteiger partial charge >= 0.3 is 0 Å². The van der Waals surface area contributed by atoms with Gasteiger partial charge in [0.25, 0.3) is 0 Å². The van der Waals surface area contributed by atoms with E-state index in [1.807, 2.05) is 13.8 Å². The van der Waals surface area contributed by atoms with Crippen molar-refractivity contribution in [1.29, 1.82) is 0 Å². The maximum Gasteiger partial charge on any atom is 0.244 e. The zero-order valence-corrected chi connectivity index (χ0v) is 11.1. The standard InChI is InChI=1S/C13H16N4O2/c1-3-5-10-16-13-11(14-8-15-13)12(9(19)7-18)17(10)6-4-2/h7-8H,3-6H2,1-2H3. The summed E-state index contributed by atoms with van der Waals surface area (Å²) in [6.45, 7) is 4.69. The van der Waals surface area contributed by atoms with Gasteiger partial charge in [-0.15, -0.1) is 0 Å². The average Bonchev–Trinajstić information content (AvgIpc) is 2.86. The number of imidazole rings is 1. The van der Waals surface area contributed by atoms with Crippen molar-refractivity contribution >= 4 is 12.1 Å². The lowest BCUT2D eigenvalue weighted by Crippen LogP contribution is -2.21. The molecule has 2 aliphatic heterocycles. The smallest absolute Gasteiger partial charge is 0.244 e. The molecule has 0 amide bonds. The number of Topliss-reactive ketones (excluding diaryl/α,β-unsaturated/α-hetero) is 1. The van der Waals surface area contributed by atoms with Gasteiger partial charge in [-0.1, -0.05) is 13.8 Å². The van der Waals surface area contributed by atoms with Crippen molar-refractivity contribution in [3.8, 4) is 11.5 Å². The molecule has 2 rings (SSSR count). The summed E-state index contributed by atoms with van der Waals surface area (Å²) in [5.74, 6) is 0.641. The van der Waals surface area contributed by atoms with Crippen LogP contribution in [0.5, 0.6) is 0 Å². The highest BCUT2D eigenvalue weighted by Crippen LogP contribution is 2.22. The molecule has 0 aromatic rings. The van der Waals surface area contributed by atoms with Crippen molar-refractivity contribution in [3.63, 3.8) is 0 Å². The van der Waals surface area contributed by atoms with Gasteiger partial charge in [-0.2, -0.15) is 0 Å². The molecule has 0 aliphatic carbocycles. The molecule has 0 saturated carbocycles. The second kappa shape index (κ2) is 5.69. The Morgan fingerprint density at radius 3 is 2.74 bits per heavy atom. The van der Waals surface area contributed by atoms with Crippen LogP contribution in [0, 0.1) is 0 Å². The number of aryl methyl sites for hydroxylation is 1. The van der Waals surface area contributed by atoms with Gasteiger partial charge in [0.05, 0.1) is 0 Å². The van der Waals surface area contributed by atoms with Gasteiger partial charge < -0.3 is 4.57 Å². The molecule has 6 heteroatoms. The summed E-state index contributed by atoms with van der Waals surface area (Å²) in [7, 11) is 0. The van der Waals surface area contributed by atoms with E-state index in [4.69, 9.17) is 0 Å². The van der Waals surface area contributed by atoms with E-state index in [-0.39, 0.29) is 0 Å². The van der Waals surface area contributed by atoms with Gasteiger partial charge in [0, 0.05) is 13.0 Å². The van der Waals surface area contributed by atoms with E-state index in [2.05, 4.69) is 15.0 Å². The van der Waals surface area contributed by atoms with Gasteiger partial charge in [-0.25, -0.2) is 15.0 Å². The van der Waals surface area contributed by atoms with E-state index in [0.29, 0.717) is 30.0 Å². The monoisotopic (exact) mass is 260 g/mol. The van der Waals surface area contributed by atoms with E-state index in [1.165, 1.54) is 6.33 Å². The molecule has 2 aliphatic rings. The van der Waals surface area contributed by atoms with E-state index in [0.717, 1.165) is 25.1 Å². The minimum Gasteiger partial charge on any atom is -0.325 e. The van der Waals surface area contributed by atoms with Crippen LogP contribution in [0.2, 0.25) is 0 Å². The molecule has 0 unspecified atom stereocenters. The van der Waals surface area contributed by atoms with Gasteiger partial charge in [0.1, 0.15) is 23.5 Å². The summed E-state index contributed by atoms with van der Waals surface area (Å²) in [6.07, 6.45) is 4.19. The Labute approximate surface area is 111 Å². The lowest BCUT2D eigenvalue weighted by atomic mass is 10.1. The zero-order valence-electron chi connectivity index (χ0n) is 11.1. The quantitative estimate of drug-likeness (QED) is 0.447. The summed E-state index contributed by atoms with van der Waals surface area (Å²) in [5, 5.41) is 0. The van der Waals surface area contributed by atoms with Crippen LogP contribution in [-0.4, -0.2) is 31.6 Å². The normalized spacial score (nSPS) is 10.8. The first-order chi connectivity index (χ1) is 9.22. The Balaban J connectivity index is 2.72. The van der Waals surface area contributed by atoms with Crippen molar-refractivity contribution in [3.05, 3.63) is 17.8 Å². The van der Waals surface area contributed by atoms with Crippen LogP contribution in [-0.2, 0) is 17.8 Å². The fraction of sp³-hybridized carbons (Fsp3) is 0.462. The highest BCUT2D eigenvalue weighted by molar-refractivity contribution is 6.34. The lowest BCUT2D eigenvalue weighted by molar-refractivity contribution is -0.104. The topological polar surface area (TPSA) is 77.7 Å². The molecule has 19 heavy (non-hydrogen) atoms. The Hall–Kier alpha value is -2.11. The third-order valence-electron chi connectivity index (χ3n) is 2.88. The minimum absolute atomic E-state index is 0.308. The van der Waals surface area contributed by atoms with Gasteiger partial charge in [0.2, 0.25) is 5.78 Å². The first-order valence-electron chi connectivity index (χ1n) is 6.42. The number of nitrogens with zero attached hydrogens (tertiary/aromatic N) is 4. The highest BCUT2D eigenvalue weighted by Gasteiger charge is 2.24. The third kappa shape index (κ3) is 2.38. The Morgan fingerprint density at radius 2 is 2.11 bits per heavy atom. The predicted octanol–water partition coefficient (Wildman–Crippen LogP) is 1.52. The molecule has 0 N–H and O–H groups in total. The van der Waals surface area contributed by atoms with E-state index in [1.54, 1.807) is 4.57 Å². The summed E-state index contributed by atoms with van der Waals surface area (Å²) in [6, 6.07) is 0. The van der Waals surface area contributed by atoms with Gasteiger partial charge in [-0.3, -0.25) is 9.59 Å². The molecule has 0 saturated heterocycles. The number of hydrogen-bond acceptors (Lipinski definition) is 5. The van der Waals surface area contributed by atoms with Crippen LogP contribution in [0.15, 0.2) is 6.33 Å². The van der Waals surface area contributed by atoms with Crippen LogP contribution < -0.4 is 0 Å². The van der Waals surface area contributed by atoms with Gasteiger partial charge in [0.15, 0.2) is 12.1 Å². The molecule has 0 spiro atoms. The number of aldehydes is 1. The number of hydrogen-bond donors (Lipinski definition) is 0. The molecular formula is C13H16N4O2. The van der Waals surface area contributed by atoms with E-state index >= 15 is 0 Å². The molecule has 2 heterocycles. The Bertz CT molecular complexity index is 576. The largest absolute Gasteiger partial charge is 0.325 e.